The standard InChI is InChI=1S/C15H23N3O2/c1-15(2)7-5-4-6-14(15)17-12-8-11(16-3)9-13(10-12)18(19)20/h8-10,14,16-17H,4-7H2,1-3H3. The Hall–Kier alpha value is -1.78. The van der Waals surface area contributed by atoms with Crippen LogP contribution in [0, 0.1) is 15.5 Å². The van der Waals surface area contributed by atoms with Gasteiger partial charge in [0.2, 0.25) is 0 Å². The number of anilines is 2. The van der Waals surface area contributed by atoms with Crippen LogP contribution < -0.4 is 10.6 Å². The molecule has 1 fully saturated rings. The summed E-state index contributed by atoms with van der Waals surface area (Å²) in [6.45, 7) is 4.53. The molecule has 1 aromatic carbocycles. The topological polar surface area (TPSA) is 67.2 Å². The third kappa shape index (κ3) is 3.21. The lowest BCUT2D eigenvalue weighted by Crippen LogP contribution is -2.38. The van der Waals surface area contributed by atoms with Crippen molar-refractivity contribution in [1.82, 2.24) is 0 Å². The maximum Gasteiger partial charge on any atom is 0.273 e. The van der Waals surface area contributed by atoms with Gasteiger partial charge in [-0.2, -0.15) is 0 Å². The molecule has 0 amide bonds. The molecule has 1 saturated carbocycles. The minimum absolute atomic E-state index is 0.118. The number of hydrogen-bond acceptors (Lipinski definition) is 4. The highest BCUT2D eigenvalue weighted by molar-refractivity contribution is 5.63. The molecule has 5 heteroatoms. The highest BCUT2D eigenvalue weighted by Gasteiger charge is 2.32. The smallest absolute Gasteiger partial charge is 0.273 e. The van der Waals surface area contributed by atoms with Crippen LogP contribution in [0.1, 0.15) is 39.5 Å². The van der Waals surface area contributed by atoms with Crippen LogP contribution >= 0.6 is 0 Å². The predicted molar refractivity (Wildman–Crippen MR) is 82.3 cm³/mol. The van der Waals surface area contributed by atoms with Crippen molar-refractivity contribution in [2.45, 2.75) is 45.6 Å². The zero-order valence-electron chi connectivity index (χ0n) is 12.4. The van der Waals surface area contributed by atoms with Crippen molar-refractivity contribution in [2.24, 2.45) is 5.41 Å². The fourth-order valence-electron chi connectivity index (χ4n) is 2.91. The zero-order chi connectivity index (χ0) is 14.8. The fraction of sp³-hybridized carbons (Fsp3) is 0.600. The highest BCUT2D eigenvalue weighted by Crippen LogP contribution is 2.38. The molecule has 1 unspecified atom stereocenters. The average Bonchev–Trinajstić information content (AvgIpc) is 2.40. The van der Waals surface area contributed by atoms with Crippen molar-refractivity contribution < 1.29 is 4.92 Å². The first-order valence-electron chi connectivity index (χ1n) is 7.16. The second-order valence-electron chi connectivity index (χ2n) is 6.21. The monoisotopic (exact) mass is 277 g/mol. The number of hydrogen-bond donors (Lipinski definition) is 2. The Bertz CT molecular complexity index is 500. The third-order valence-electron chi connectivity index (χ3n) is 4.27. The first-order chi connectivity index (χ1) is 9.42. The summed E-state index contributed by atoms with van der Waals surface area (Å²) in [5.41, 5.74) is 1.93. The summed E-state index contributed by atoms with van der Waals surface area (Å²) in [6, 6.07) is 5.46. The van der Waals surface area contributed by atoms with Gasteiger partial charge in [-0.1, -0.05) is 26.7 Å². The van der Waals surface area contributed by atoms with Crippen molar-refractivity contribution in [3.8, 4) is 0 Å². The van der Waals surface area contributed by atoms with Gasteiger partial charge in [0.15, 0.2) is 0 Å². The number of non-ortho nitro benzene ring substituents is 1. The predicted octanol–water partition coefficient (Wildman–Crippen LogP) is 4.02. The molecular formula is C15H23N3O2. The summed E-state index contributed by atoms with van der Waals surface area (Å²) in [7, 11) is 1.77. The van der Waals surface area contributed by atoms with Crippen LogP contribution in [-0.4, -0.2) is 18.0 Å². The lowest BCUT2D eigenvalue weighted by Gasteiger charge is -2.39. The first-order valence-corrected chi connectivity index (χ1v) is 7.16. The number of nitrogens with one attached hydrogen (secondary N) is 2. The molecule has 0 aromatic heterocycles. The van der Waals surface area contributed by atoms with E-state index in [-0.39, 0.29) is 16.0 Å². The van der Waals surface area contributed by atoms with E-state index in [2.05, 4.69) is 24.5 Å². The second-order valence-corrected chi connectivity index (χ2v) is 6.21. The van der Waals surface area contributed by atoms with Gasteiger partial charge < -0.3 is 10.6 Å². The van der Waals surface area contributed by atoms with Crippen molar-refractivity contribution in [3.63, 3.8) is 0 Å². The lowest BCUT2D eigenvalue weighted by atomic mass is 9.73. The molecule has 5 nitrogen and oxygen atoms in total. The zero-order valence-corrected chi connectivity index (χ0v) is 12.4. The number of nitro benzene ring substituents is 1. The normalized spacial score (nSPS) is 21.2. The second kappa shape index (κ2) is 5.69. The van der Waals surface area contributed by atoms with Crippen LogP contribution in [0.25, 0.3) is 0 Å². The van der Waals surface area contributed by atoms with Gasteiger partial charge in [-0.25, -0.2) is 0 Å². The number of benzene rings is 1. The summed E-state index contributed by atoms with van der Waals surface area (Å²) in [6.07, 6.45) is 4.79. The molecule has 0 aliphatic heterocycles. The van der Waals surface area contributed by atoms with E-state index in [1.807, 2.05) is 6.07 Å². The molecule has 0 spiro atoms. The first kappa shape index (κ1) is 14.6. The van der Waals surface area contributed by atoms with E-state index in [1.54, 1.807) is 19.2 Å². The van der Waals surface area contributed by atoms with Gasteiger partial charge in [0.25, 0.3) is 5.69 Å². The van der Waals surface area contributed by atoms with Gasteiger partial charge in [0.1, 0.15) is 0 Å². The summed E-state index contributed by atoms with van der Waals surface area (Å²) in [4.78, 5) is 10.6. The van der Waals surface area contributed by atoms with Gasteiger partial charge in [0.05, 0.1) is 4.92 Å². The molecule has 1 aliphatic carbocycles. The number of rotatable bonds is 4. The maximum absolute atomic E-state index is 11.0. The average molecular weight is 277 g/mol. The van der Waals surface area contributed by atoms with Gasteiger partial charge >= 0.3 is 0 Å². The molecule has 0 heterocycles. The molecule has 0 radical (unpaired) electrons. The van der Waals surface area contributed by atoms with Gasteiger partial charge in [-0.05, 0) is 24.3 Å². The summed E-state index contributed by atoms with van der Waals surface area (Å²) >= 11 is 0. The minimum atomic E-state index is -0.349. The highest BCUT2D eigenvalue weighted by atomic mass is 16.6. The van der Waals surface area contributed by atoms with E-state index in [0.29, 0.717) is 6.04 Å². The van der Waals surface area contributed by atoms with Crippen molar-refractivity contribution in [1.29, 1.82) is 0 Å². The van der Waals surface area contributed by atoms with E-state index in [9.17, 15) is 10.1 Å². The Kier molecular flexibility index (Phi) is 4.16. The largest absolute Gasteiger partial charge is 0.388 e. The molecule has 2 rings (SSSR count). The quantitative estimate of drug-likeness (QED) is 0.644. The van der Waals surface area contributed by atoms with Crippen LogP contribution in [0.15, 0.2) is 18.2 Å². The van der Waals surface area contributed by atoms with Crippen LogP contribution in [0.4, 0.5) is 17.1 Å². The molecule has 2 N–H and O–H groups in total. The number of nitrogens with zero attached hydrogens (tertiary/aromatic N) is 1. The molecule has 1 aromatic rings. The minimum Gasteiger partial charge on any atom is -0.388 e. The summed E-state index contributed by atoms with van der Waals surface area (Å²) in [5, 5.41) is 17.5. The number of nitro groups is 1. The van der Waals surface area contributed by atoms with Crippen LogP contribution in [0.2, 0.25) is 0 Å². The lowest BCUT2D eigenvalue weighted by molar-refractivity contribution is -0.384. The van der Waals surface area contributed by atoms with Crippen molar-refractivity contribution in [2.75, 3.05) is 17.7 Å². The van der Waals surface area contributed by atoms with Crippen LogP contribution in [0.3, 0.4) is 0 Å². The van der Waals surface area contributed by atoms with E-state index < -0.39 is 0 Å². The molecule has 110 valence electrons. The fourth-order valence-corrected chi connectivity index (χ4v) is 2.91. The SMILES string of the molecule is CNc1cc(NC2CCCCC2(C)C)cc([N+](=O)[O-])c1. The molecule has 0 bridgehead atoms. The van der Waals surface area contributed by atoms with E-state index >= 15 is 0 Å². The maximum atomic E-state index is 11.0. The summed E-state index contributed by atoms with van der Waals surface area (Å²) in [5.74, 6) is 0. The summed E-state index contributed by atoms with van der Waals surface area (Å²) < 4.78 is 0. The Balaban J connectivity index is 2.23. The van der Waals surface area contributed by atoms with Gasteiger partial charge in [0, 0.05) is 36.6 Å². The molecule has 1 atom stereocenters. The van der Waals surface area contributed by atoms with E-state index in [1.165, 1.54) is 19.3 Å². The Morgan fingerprint density at radius 2 is 1.95 bits per heavy atom. The molecule has 0 saturated heterocycles. The Labute approximate surface area is 119 Å². The molecule has 1 aliphatic rings. The molecular weight excluding hydrogens is 254 g/mol. The Morgan fingerprint density at radius 3 is 2.55 bits per heavy atom. The van der Waals surface area contributed by atoms with Crippen LogP contribution in [-0.2, 0) is 0 Å². The third-order valence-corrected chi connectivity index (χ3v) is 4.27. The van der Waals surface area contributed by atoms with Gasteiger partial charge in [-0.3, -0.25) is 10.1 Å². The van der Waals surface area contributed by atoms with Gasteiger partial charge in [-0.15, -0.1) is 0 Å². The van der Waals surface area contributed by atoms with Crippen molar-refractivity contribution >= 4 is 17.1 Å². The molecule has 20 heavy (non-hydrogen) atoms. The van der Waals surface area contributed by atoms with E-state index in [0.717, 1.165) is 17.8 Å². The van der Waals surface area contributed by atoms with Crippen LogP contribution in [0.5, 0.6) is 0 Å². The van der Waals surface area contributed by atoms with E-state index in [4.69, 9.17) is 0 Å². The Morgan fingerprint density at radius 1 is 1.25 bits per heavy atom. The van der Waals surface area contributed by atoms with Crippen molar-refractivity contribution in [3.05, 3.63) is 28.3 Å².